The summed E-state index contributed by atoms with van der Waals surface area (Å²) in [5.74, 6) is 0.696. The fourth-order valence-electron chi connectivity index (χ4n) is 2.83. The van der Waals surface area contributed by atoms with Gasteiger partial charge in [-0.3, -0.25) is 14.9 Å². The third-order valence-corrected chi connectivity index (χ3v) is 4.20. The van der Waals surface area contributed by atoms with Crippen molar-refractivity contribution >= 4 is 22.8 Å². The second kappa shape index (κ2) is 6.92. The average molecular weight is 374 g/mol. The summed E-state index contributed by atoms with van der Waals surface area (Å²) in [4.78, 5) is 27.5. The van der Waals surface area contributed by atoms with Crippen molar-refractivity contribution in [2.24, 2.45) is 5.10 Å². The molecule has 28 heavy (non-hydrogen) atoms. The van der Waals surface area contributed by atoms with E-state index in [1.54, 1.807) is 55.5 Å². The lowest BCUT2D eigenvalue weighted by molar-refractivity contribution is -0.384. The van der Waals surface area contributed by atoms with Crippen LogP contribution in [0.5, 0.6) is 0 Å². The predicted octanol–water partition coefficient (Wildman–Crippen LogP) is 3.76. The summed E-state index contributed by atoms with van der Waals surface area (Å²) in [6, 6.07) is 15.2. The molecule has 0 amide bonds. The molecule has 0 aliphatic rings. The molecule has 2 aromatic carbocycles. The van der Waals surface area contributed by atoms with Gasteiger partial charge in [-0.2, -0.15) is 9.78 Å². The Labute approximate surface area is 158 Å². The Morgan fingerprint density at radius 3 is 2.82 bits per heavy atom. The molecule has 0 radical (unpaired) electrons. The second-order valence-corrected chi connectivity index (χ2v) is 6.14. The van der Waals surface area contributed by atoms with Crippen LogP contribution < -0.4 is 5.56 Å². The van der Waals surface area contributed by atoms with E-state index in [0.29, 0.717) is 28.0 Å². The summed E-state index contributed by atoms with van der Waals surface area (Å²) < 4.78 is 6.77. The van der Waals surface area contributed by atoms with Crippen molar-refractivity contribution < 1.29 is 9.34 Å². The van der Waals surface area contributed by atoms with Gasteiger partial charge in [-0.05, 0) is 42.8 Å². The van der Waals surface area contributed by atoms with Crippen LogP contribution >= 0.6 is 0 Å². The standard InChI is InChI=1S/C20H14N4O4/c1-13-6-8-16(18(10-13)24(26)27)19-9-7-14(28-19)11-22-23-12-21-17-5-3-2-4-15(17)20(23)25/h2-12H,1H3/b22-11+. The maximum absolute atomic E-state index is 12.4. The minimum absolute atomic E-state index is 0.0345. The molecule has 0 aliphatic carbocycles. The molecule has 2 heterocycles. The molecule has 4 rings (SSSR count). The van der Waals surface area contributed by atoms with E-state index in [4.69, 9.17) is 4.42 Å². The van der Waals surface area contributed by atoms with Crippen molar-refractivity contribution in [1.82, 2.24) is 9.66 Å². The molecule has 8 heteroatoms. The first-order valence-corrected chi connectivity index (χ1v) is 8.39. The van der Waals surface area contributed by atoms with Crippen LogP contribution in [-0.4, -0.2) is 20.8 Å². The summed E-state index contributed by atoms with van der Waals surface area (Å²) in [5, 5.41) is 15.9. The molecule has 0 saturated heterocycles. The lowest BCUT2D eigenvalue weighted by Crippen LogP contribution is -2.16. The summed E-state index contributed by atoms with van der Waals surface area (Å²) in [7, 11) is 0. The normalized spacial score (nSPS) is 11.3. The van der Waals surface area contributed by atoms with Gasteiger partial charge in [0.1, 0.15) is 17.8 Å². The molecule has 0 atom stereocenters. The highest BCUT2D eigenvalue weighted by Crippen LogP contribution is 2.31. The molecule has 138 valence electrons. The number of aryl methyl sites for hydroxylation is 1. The number of nitro groups is 1. The van der Waals surface area contributed by atoms with Gasteiger partial charge in [0.25, 0.3) is 11.2 Å². The number of nitrogens with zero attached hydrogens (tertiary/aromatic N) is 4. The van der Waals surface area contributed by atoms with Crippen LogP contribution in [0.1, 0.15) is 11.3 Å². The SMILES string of the molecule is Cc1ccc(-c2ccc(/C=N/n3cnc4ccccc4c3=O)o2)c([N+](=O)[O-])c1. The molecule has 0 unspecified atom stereocenters. The van der Waals surface area contributed by atoms with Crippen LogP contribution in [0.15, 0.2) is 75.2 Å². The van der Waals surface area contributed by atoms with Gasteiger partial charge < -0.3 is 4.42 Å². The number of benzene rings is 2. The Balaban J connectivity index is 1.67. The Morgan fingerprint density at radius 2 is 2.00 bits per heavy atom. The fraction of sp³-hybridized carbons (Fsp3) is 0.0500. The minimum Gasteiger partial charge on any atom is -0.455 e. The lowest BCUT2D eigenvalue weighted by atomic mass is 10.1. The van der Waals surface area contributed by atoms with E-state index in [1.165, 1.54) is 18.6 Å². The van der Waals surface area contributed by atoms with Crippen LogP contribution in [0.3, 0.4) is 0 Å². The molecule has 0 fully saturated rings. The number of nitro benzene ring substituents is 1. The van der Waals surface area contributed by atoms with Crippen LogP contribution in [0.25, 0.3) is 22.2 Å². The molecule has 0 spiro atoms. The van der Waals surface area contributed by atoms with Gasteiger partial charge in [0, 0.05) is 6.07 Å². The topological polar surface area (TPSA) is 104 Å². The van der Waals surface area contributed by atoms with E-state index in [1.807, 2.05) is 0 Å². The van der Waals surface area contributed by atoms with Crippen LogP contribution in [0.2, 0.25) is 0 Å². The number of para-hydroxylation sites is 1. The molecule has 2 aromatic heterocycles. The lowest BCUT2D eigenvalue weighted by Gasteiger charge is -2.01. The van der Waals surface area contributed by atoms with E-state index in [9.17, 15) is 14.9 Å². The largest absolute Gasteiger partial charge is 0.455 e. The third-order valence-electron chi connectivity index (χ3n) is 4.20. The van der Waals surface area contributed by atoms with Crippen LogP contribution in [-0.2, 0) is 0 Å². The average Bonchev–Trinajstić information content (AvgIpc) is 3.16. The van der Waals surface area contributed by atoms with E-state index in [0.717, 1.165) is 10.2 Å². The Bertz CT molecular complexity index is 1290. The highest BCUT2D eigenvalue weighted by molar-refractivity contribution is 5.79. The number of furan rings is 1. The molecule has 0 N–H and O–H groups in total. The van der Waals surface area contributed by atoms with E-state index in [2.05, 4.69) is 10.1 Å². The molecule has 0 bridgehead atoms. The van der Waals surface area contributed by atoms with Gasteiger partial charge >= 0.3 is 0 Å². The molecule has 0 aliphatic heterocycles. The Hall–Kier alpha value is -4.07. The van der Waals surface area contributed by atoms with Crippen molar-refractivity contribution in [1.29, 1.82) is 0 Å². The zero-order chi connectivity index (χ0) is 19.7. The summed E-state index contributed by atoms with van der Waals surface area (Å²) in [6.07, 6.45) is 2.69. The van der Waals surface area contributed by atoms with Gasteiger partial charge in [-0.1, -0.05) is 18.2 Å². The van der Waals surface area contributed by atoms with Crippen molar-refractivity contribution in [3.63, 3.8) is 0 Å². The zero-order valence-electron chi connectivity index (χ0n) is 14.8. The number of aromatic nitrogens is 2. The first-order valence-electron chi connectivity index (χ1n) is 8.39. The van der Waals surface area contributed by atoms with Gasteiger partial charge in [-0.25, -0.2) is 4.98 Å². The third kappa shape index (κ3) is 3.18. The molecular weight excluding hydrogens is 360 g/mol. The van der Waals surface area contributed by atoms with Crippen molar-refractivity contribution in [3.8, 4) is 11.3 Å². The van der Waals surface area contributed by atoms with Gasteiger partial charge in [0.05, 0.1) is 27.6 Å². The van der Waals surface area contributed by atoms with E-state index in [-0.39, 0.29) is 11.2 Å². The highest BCUT2D eigenvalue weighted by atomic mass is 16.6. The summed E-state index contributed by atoms with van der Waals surface area (Å²) >= 11 is 0. The number of hydrogen-bond donors (Lipinski definition) is 0. The van der Waals surface area contributed by atoms with Gasteiger partial charge in [-0.15, -0.1) is 0 Å². The predicted molar refractivity (Wildman–Crippen MR) is 105 cm³/mol. The zero-order valence-corrected chi connectivity index (χ0v) is 14.8. The quantitative estimate of drug-likeness (QED) is 0.307. The van der Waals surface area contributed by atoms with Crippen molar-refractivity contribution in [2.75, 3.05) is 0 Å². The number of fused-ring (bicyclic) bond motifs is 1. The molecular formula is C20H14N4O4. The number of hydrogen-bond acceptors (Lipinski definition) is 6. The number of rotatable bonds is 4. The minimum atomic E-state index is -0.446. The monoisotopic (exact) mass is 374 g/mol. The summed E-state index contributed by atoms with van der Waals surface area (Å²) in [5.41, 5.74) is 1.41. The van der Waals surface area contributed by atoms with Gasteiger partial charge in [0.15, 0.2) is 0 Å². The first-order chi connectivity index (χ1) is 13.5. The van der Waals surface area contributed by atoms with E-state index < -0.39 is 4.92 Å². The maximum Gasteiger partial charge on any atom is 0.281 e. The first kappa shape index (κ1) is 17.3. The summed E-state index contributed by atoms with van der Waals surface area (Å²) in [6.45, 7) is 1.78. The van der Waals surface area contributed by atoms with Crippen molar-refractivity contribution in [2.45, 2.75) is 6.92 Å². The smallest absolute Gasteiger partial charge is 0.281 e. The van der Waals surface area contributed by atoms with Crippen LogP contribution in [0.4, 0.5) is 5.69 Å². The highest BCUT2D eigenvalue weighted by Gasteiger charge is 2.18. The Kier molecular flexibility index (Phi) is 4.29. The van der Waals surface area contributed by atoms with Gasteiger partial charge in [0.2, 0.25) is 0 Å². The van der Waals surface area contributed by atoms with Crippen molar-refractivity contribution in [3.05, 3.63) is 92.7 Å². The molecule has 4 aromatic rings. The Morgan fingerprint density at radius 1 is 1.18 bits per heavy atom. The van der Waals surface area contributed by atoms with E-state index >= 15 is 0 Å². The molecule has 8 nitrogen and oxygen atoms in total. The fourth-order valence-corrected chi connectivity index (χ4v) is 2.83. The maximum atomic E-state index is 12.4. The molecule has 0 saturated carbocycles. The van der Waals surface area contributed by atoms with Crippen LogP contribution in [0, 0.1) is 17.0 Å². The second-order valence-electron chi connectivity index (χ2n) is 6.14.